The summed E-state index contributed by atoms with van der Waals surface area (Å²) in [6.07, 6.45) is 1.57. The summed E-state index contributed by atoms with van der Waals surface area (Å²) in [7, 11) is 0. The fraction of sp³-hybridized carbons (Fsp3) is 0.471. The fourth-order valence-corrected chi connectivity index (χ4v) is 2.97. The van der Waals surface area contributed by atoms with E-state index in [9.17, 15) is 9.59 Å². The number of fused-ring (bicyclic) bond motifs is 1. The van der Waals surface area contributed by atoms with Crippen LogP contribution in [0, 0.1) is 12.8 Å². The summed E-state index contributed by atoms with van der Waals surface area (Å²) in [5.74, 6) is 0.0371. The Kier molecular flexibility index (Phi) is 4.32. The average Bonchev–Trinajstić information content (AvgIpc) is 2.93. The van der Waals surface area contributed by atoms with Crippen molar-refractivity contribution < 1.29 is 18.7 Å². The molecule has 122 valence electrons. The number of piperidine rings is 1. The highest BCUT2D eigenvalue weighted by Crippen LogP contribution is 2.22. The Hall–Kier alpha value is -2.37. The minimum absolute atomic E-state index is 0.0880. The maximum atomic E-state index is 12.7. The molecule has 0 aliphatic carbocycles. The van der Waals surface area contributed by atoms with Crippen LogP contribution in [0.3, 0.4) is 0 Å². The van der Waals surface area contributed by atoms with Crippen LogP contribution in [0.5, 0.6) is 0 Å². The zero-order chi connectivity index (χ0) is 16.4. The molecule has 3 rings (SSSR count). The third-order valence-corrected chi connectivity index (χ3v) is 4.07. The maximum Gasteiger partial charge on any atom is 0.310 e. The van der Waals surface area contributed by atoms with E-state index >= 15 is 0 Å². The van der Waals surface area contributed by atoms with E-state index in [-0.39, 0.29) is 17.8 Å². The van der Waals surface area contributed by atoms with Crippen molar-refractivity contribution in [3.63, 3.8) is 0 Å². The van der Waals surface area contributed by atoms with E-state index in [1.165, 1.54) is 0 Å². The van der Waals surface area contributed by atoms with Gasteiger partial charge in [-0.25, -0.2) is 4.98 Å². The van der Waals surface area contributed by atoms with Gasteiger partial charge in [-0.05, 0) is 38.0 Å². The molecule has 1 fully saturated rings. The molecule has 1 amide bonds. The molecule has 1 aromatic carbocycles. The van der Waals surface area contributed by atoms with E-state index in [4.69, 9.17) is 9.15 Å². The Balaban J connectivity index is 1.76. The van der Waals surface area contributed by atoms with Crippen molar-refractivity contribution in [1.82, 2.24) is 9.88 Å². The molecule has 1 aliphatic rings. The van der Waals surface area contributed by atoms with Crippen molar-refractivity contribution in [2.45, 2.75) is 26.7 Å². The summed E-state index contributed by atoms with van der Waals surface area (Å²) in [6.45, 7) is 4.99. The first kappa shape index (κ1) is 15.5. The van der Waals surface area contributed by atoms with Crippen molar-refractivity contribution >= 4 is 23.0 Å². The number of carbonyl (C=O) groups is 2. The summed E-state index contributed by atoms with van der Waals surface area (Å²) in [6, 6.07) is 5.25. The number of aryl methyl sites for hydroxylation is 1. The number of oxazole rings is 1. The molecule has 2 heterocycles. The number of carbonyl (C=O) groups excluding carboxylic acids is 2. The standard InChI is InChI=1S/C17H20N2O4/c1-3-22-17(21)13-5-4-8-19(10-13)16(20)12-6-7-14-15(9-12)23-11(2)18-14/h6-7,9,13H,3-5,8,10H2,1-2H3. The van der Waals surface area contributed by atoms with Gasteiger partial charge >= 0.3 is 5.97 Å². The normalized spacial score (nSPS) is 18.2. The summed E-state index contributed by atoms with van der Waals surface area (Å²) in [5.41, 5.74) is 1.90. The molecule has 0 N–H and O–H groups in total. The molecule has 6 nitrogen and oxygen atoms in total. The van der Waals surface area contributed by atoms with Crippen LogP contribution in [-0.2, 0) is 9.53 Å². The predicted octanol–water partition coefficient (Wildman–Crippen LogP) is 2.55. The molecule has 6 heteroatoms. The zero-order valence-corrected chi connectivity index (χ0v) is 13.4. The smallest absolute Gasteiger partial charge is 0.310 e. The minimum atomic E-state index is -0.232. The fourth-order valence-electron chi connectivity index (χ4n) is 2.97. The number of esters is 1. The third kappa shape index (κ3) is 3.21. The van der Waals surface area contributed by atoms with Crippen LogP contribution in [0.25, 0.3) is 11.1 Å². The molecule has 0 saturated carbocycles. The summed E-state index contributed by atoms with van der Waals surface area (Å²) < 4.78 is 10.6. The van der Waals surface area contributed by atoms with E-state index < -0.39 is 0 Å². The number of likely N-dealkylation sites (tertiary alicyclic amines) is 1. The number of aromatic nitrogens is 1. The van der Waals surface area contributed by atoms with Crippen LogP contribution in [0.2, 0.25) is 0 Å². The van der Waals surface area contributed by atoms with E-state index in [1.54, 1.807) is 36.9 Å². The van der Waals surface area contributed by atoms with E-state index in [2.05, 4.69) is 4.98 Å². The Morgan fingerprint density at radius 1 is 1.43 bits per heavy atom. The maximum absolute atomic E-state index is 12.7. The lowest BCUT2D eigenvalue weighted by atomic mass is 9.97. The molecule has 2 aromatic rings. The highest BCUT2D eigenvalue weighted by atomic mass is 16.5. The minimum Gasteiger partial charge on any atom is -0.466 e. The molecular formula is C17H20N2O4. The van der Waals surface area contributed by atoms with Gasteiger partial charge in [0, 0.05) is 25.6 Å². The second kappa shape index (κ2) is 6.40. The summed E-state index contributed by atoms with van der Waals surface area (Å²) in [5, 5.41) is 0. The van der Waals surface area contributed by atoms with Crippen LogP contribution in [0.4, 0.5) is 0 Å². The lowest BCUT2D eigenvalue weighted by molar-refractivity contribution is -0.149. The van der Waals surface area contributed by atoms with Gasteiger partial charge in [-0.15, -0.1) is 0 Å². The van der Waals surface area contributed by atoms with Gasteiger partial charge < -0.3 is 14.1 Å². The Labute approximate surface area is 134 Å². The highest BCUT2D eigenvalue weighted by molar-refractivity contribution is 5.97. The summed E-state index contributed by atoms with van der Waals surface area (Å²) in [4.78, 5) is 30.5. The number of hydrogen-bond donors (Lipinski definition) is 0. The van der Waals surface area contributed by atoms with Crippen LogP contribution in [0.1, 0.15) is 36.0 Å². The topological polar surface area (TPSA) is 72.6 Å². The highest BCUT2D eigenvalue weighted by Gasteiger charge is 2.30. The molecule has 0 radical (unpaired) electrons. The Bertz CT molecular complexity index is 737. The number of hydrogen-bond acceptors (Lipinski definition) is 5. The lowest BCUT2D eigenvalue weighted by Gasteiger charge is -2.31. The van der Waals surface area contributed by atoms with Crippen molar-refractivity contribution in [3.8, 4) is 0 Å². The van der Waals surface area contributed by atoms with Crippen LogP contribution < -0.4 is 0 Å². The molecule has 0 bridgehead atoms. The molecule has 1 atom stereocenters. The third-order valence-electron chi connectivity index (χ3n) is 4.07. The van der Waals surface area contributed by atoms with E-state index in [0.717, 1.165) is 18.4 Å². The second-order valence-electron chi connectivity index (χ2n) is 5.76. The number of amides is 1. The Morgan fingerprint density at radius 3 is 3.04 bits per heavy atom. The van der Waals surface area contributed by atoms with Gasteiger partial charge in [0.15, 0.2) is 11.5 Å². The molecule has 1 aromatic heterocycles. The number of ether oxygens (including phenoxy) is 1. The zero-order valence-electron chi connectivity index (χ0n) is 13.4. The number of nitrogens with zero attached hydrogens (tertiary/aromatic N) is 2. The van der Waals surface area contributed by atoms with Gasteiger partial charge in [-0.3, -0.25) is 9.59 Å². The first-order chi connectivity index (χ1) is 11.1. The van der Waals surface area contributed by atoms with Gasteiger partial charge in [0.05, 0.1) is 12.5 Å². The molecule has 1 aliphatic heterocycles. The Morgan fingerprint density at radius 2 is 2.26 bits per heavy atom. The predicted molar refractivity (Wildman–Crippen MR) is 84.0 cm³/mol. The van der Waals surface area contributed by atoms with Crippen LogP contribution >= 0.6 is 0 Å². The van der Waals surface area contributed by atoms with Gasteiger partial charge in [0.2, 0.25) is 0 Å². The van der Waals surface area contributed by atoms with Crippen LogP contribution in [0.15, 0.2) is 22.6 Å². The van der Waals surface area contributed by atoms with Crippen molar-refractivity contribution in [1.29, 1.82) is 0 Å². The second-order valence-corrected chi connectivity index (χ2v) is 5.76. The van der Waals surface area contributed by atoms with E-state index in [1.807, 2.05) is 0 Å². The first-order valence-electron chi connectivity index (χ1n) is 7.91. The summed E-state index contributed by atoms with van der Waals surface area (Å²) >= 11 is 0. The molecule has 0 spiro atoms. The quantitative estimate of drug-likeness (QED) is 0.814. The molecular weight excluding hydrogens is 296 g/mol. The SMILES string of the molecule is CCOC(=O)C1CCCN(C(=O)c2ccc3nc(C)oc3c2)C1. The molecule has 1 saturated heterocycles. The van der Waals surface area contributed by atoms with Crippen molar-refractivity contribution in [2.24, 2.45) is 5.92 Å². The van der Waals surface area contributed by atoms with Gasteiger partial charge in [0.1, 0.15) is 5.52 Å². The van der Waals surface area contributed by atoms with Crippen molar-refractivity contribution in [3.05, 3.63) is 29.7 Å². The average molecular weight is 316 g/mol. The van der Waals surface area contributed by atoms with Crippen molar-refractivity contribution in [2.75, 3.05) is 19.7 Å². The van der Waals surface area contributed by atoms with Crippen LogP contribution in [-0.4, -0.2) is 41.5 Å². The molecule has 1 unspecified atom stereocenters. The van der Waals surface area contributed by atoms with Gasteiger partial charge in [-0.2, -0.15) is 0 Å². The largest absolute Gasteiger partial charge is 0.466 e. The monoisotopic (exact) mass is 316 g/mol. The van der Waals surface area contributed by atoms with E-state index in [0.29, 0.717) is 36.7 Å². The lowest BCUT2D eigenvalue weighted by Crippen LogP contribution is -2.42. The number of rotatable bonds is 3. The van der Waals surface area contributed by atoms with Gasteiger partial charge in [-0.1, -0.05) is 0 Å². The van der Waals surface area contributed by atoms with Gasteiger partial charge in [0.25, 0.3) is 5.91 Å². The first-order valence-corrected chi connectivity index (χ1v) is 7.91. The molecule has 23 heavy (non-hydrogen) atoms. The number of benzene rings is 1.